The number of hydrogen-bond donors (Lipinski definition) is 0. The van der Waals surface area contributed by atoms with Crippen LogP contribution in [0.15, 0.2) is 12.1 Å². The van der Waals surface area contributed by atoms with Gasteiger partial charge in [0.2, 0.25) is 0 Å². The first-order valence-corrected chi connectivity index (χ1v) is 5.99. The molecule has 1 atom stereocenters. The Morgan fingerprint density at radius 1 is 1.47 bits per heavy atom. The zero-order chi connectivity index (χ0) is 12.8. The molecule has 0 aromatic heterocycles. The Hall–Kier alpha value is -1.22. The highest BCUT2D eigenvalue weighted by Gasteiger charge is 2.15. The third kappa shape index (κ3) is 3.63. The third-order valence-electron chi connectivity index (χ3n) is 2.41. The van der Waals surface area contributed by atoms with Crippen LogP contribution in [-0.4, -0.2) is 19.5 Å². The monoisotopic (exact) mass is 256 g/mol. The summed E-state index contributed by atoms with van der Waals surface area (Å²) in [6.45, 7) is 4.05. The van der Waals surface area contributed by atoms with E-state index in [1.54, 1.807) is 12.1 Å². The van der Waals surface area contributed by atoms with Crippen molar-refractivity contribution in [2.45, 2.75) is 32.8 Å². The van der Waals surface area contributed by atoms with Gasteiger partial charge in [-0.05, 0) is 19.4 Å². The van der Waals surface area contributed by atoms with Crippen molar-refractivity contribution < 1.29 is 14.3 Å². The van der Waals surface area contributed by atoms with Crippen LogP contribution < -0.4 is 9.47 Å². The average Bonchev–Trinajstić information content (AvgIpc) is 2.31. The fraction of sp³-hybridized carbons (Fsp3) is 0.462. The summed E-state index contributed by atoms with van der Waals surface area (Å²) in [4.78, 5) is 11.0. The number of methoxy groups -OCH3 is 1. The number of hydrogen-bond acceptors (Lipinski definition) is 3. The van der Waals surface area contributed by atoms with Gasteiger partial charge in [-0.15, -0.1) is 0 Å². The molecule has 17 heavy (non-hydrogen) atoms. The van der Waals surface area contributed by atoms with Crippen LogP contribution in [0, 0.1) is 0 Å². The molecule has 0 spiro atoms. The van der Waals surface area contributed by atoms with Gasteiger partial charge in [0.15, 0.2) is 17.8 Å². The van der Waals surface area contributed by atoms with Crippen LogP contribution in [0.2, 0.25) is 5.02 Å². The molecule has 0 fully saturated rings. The minimum absolute atomic E-state index is 0.0359. The summed E-state index contributed by atoms with van der Waals surface area (Å²) >= 11 is 5.88. The van der Waals surface area contributed by atoms with Crippen molar-refractivity contribution in [1.29, 1.82) is 0 Å². The van der Waals surface area contributed by atoms with Crippen LogP contribution in [0.25, 0.3) is 0 Å². The Balaban J connectivity index is 3.06. The standard InChI is InChI=1S/C13H17ClO3/c1-4-5-9(2)17-13-10(8-15)6-11(14)7-12(13)16-3/h6-9H,4-5H2,1-3H3. The molecule has 1 aromatic rings. The molecule has 0 bridgehead atoms. The van der Waals surface area contributed by atoms with Gasteiger partial charge in [0.25, 0.3) is 0 Å². The summed E-state index contributed by atoms with van der Waals surface area (Å²) in [6, 6.07) is 3.22. The second-order valence-electron chi connectivity index (χ2n) is 3.86. The zero-order valence-corrected chi connectivity index (χ0v) is 11.1. The van der Waals surface area contributed by atoms with E-state index in [-0.39, 0.29) is 6.10 Å². The van der Waals surface area contributed by atoms with Gasteiger partial charge in [-0.3, -0.25) is 4.79 Å². The summed E-state index contributed by atoms with van der Waals surface area (Å²) < 4.78 is 10.9. The molecule has 0 saturated carbocycles. The van der Waals surface area contributed by atoms with Crippen LogP contribution in [0.1, 0.15) is 37.0 Å². The minimum atomic E-state index is 0.0359. The lowest BCUT2D eigenvalue weighted by Gasteiger charge is -2.18. The number of halogens is 1. The highest BCUT2D eigenvalue weighted by molar-refractivity contribution is 6.31. The molecule has 0 aliphatic rings. The van der Waals surface area contributed by atoms with E-state index in [0.29, 0.717) is 22.1 Å². The molecule has 3 nitrogen and oxygen atoms in total. The Bertz CT molecular complexity index is 390. The highest BCUT2D eigenvalue weighted by Crippen LogP contribution is 2.34. The topological polar surface area (TPSA) is 35.5 Å². The minimum Gasteiger partial charge on any atom is -0.493 e. The summed E-state index contributed by atoms with van der Waals surface area (Å²) in [6.07, 6.45) is 2.70. The first-order chi connectivity index (χ1) is 8.12. The van der Waals surface area contributed by atoms with E-state index >= 15 is 0 Å². The van der Waals surface area contributed by atoms with E-state index < -0.39 is 0 Å². The number of aldehydes is 1. The first kappa shape index (κ1) is 13.8. The lowest BCUT2D eigenvalue weighted by Crippen LogP contribution is -2.13. The van der Waals surface area contributed by atoms with Crippen molar-refractivity contribution in [2.24, 2.45) is 0 Å². The molecule has 0 aliphatic heterocycles. The lowest BCUT2D eigenvalue weighted by atomic mass is 10.2. The van der Waals surface area contributed by atoms with E-state index in [9.17, 15) is 4.79 Å². The van der Waals surface area contributed by atoms with Crippen LogP contribution >= 0.6 is 11.6 Å². The van der Waals surface area contributed by atoms with Crippen LogP contribution in [-0.2, 0) is 0 Å². The summed E-state index contributed by atoms with van der Waals surface area (Å²) in [7, 11) is 1.53. The molecule has 4 heteroatoms. The van der Waals surface area contributed by atoms with E-state index in [4.69, 9.17) is 21.1 Å². The van der Waals surface area contributed by atoms with Crippen LogP contribution in [0.5, 0.6) is 11.5 Å². The van der Waals surface area contributed by atoms with Crippen LogP contribution in [0.4, 0.5) is 0 Å². The predicted octanol–water partition coefficient (Wildman–Crippen LogP) is 3.73. The van der Waals surface area contributed by atoms with E-state index in [2.05, 4.69) is 6.92 Å². The first-order valence-electron chi connectivity index (χ1n) is 5.61. The van der Waals surface area contributed by atoms with Crippen molar-refractivity contribution >= 4 is 17.9 Å². The highest BCUT2D eigenvalue weighted by atomic mass is 35.5. The van der Waals surface area contributed by atoms with E-state index in [0.717, 1.165) is 19.1 Å². The Morgan fingerprint density at radius 2 is 2.18 bits per heavy atom. The molecular formula is C13H17ClO3. The fourth-order valence-electron chi connectivity index (χ4n) is 1.62. The van der Waals surface area contributed by atoms with E-state index in [1.165, 1.54) is 7.11 Å². The second-order valence-corrected chi connectivity index (χ2v) is 4.30. The summed E-state index contributed by atoms with van der Waals surface area (Å²) in [5.74, 6) is 0.954. The van der Waals surface area contributed by atoms with Gasteiger partial charge in [-0.2, -0.15) is 0 Å². The molecule has 0 N–H and O–H groups in total. The number of rotatable bonds is 6. The molecule has 0 radical (unpaired) electrons. The lowest BCUT2D eigenvalue weighted by molar-refractivity contribution is 0.111. The van der Waals surface area contributed by atoms with E-state index in [1.807, 2.05) is 6.92 Å². The van der Waals surface area contributed by atoms with Crippen molar-refractivity contribution in [3.05, 3.63) is 22.7 Å². The molecule has 0 aliphatic carbocycles. The van der Waals surface area contributed by atoms with Gasteiger partial charge in [0.1, 0.15) is 0 Å². The number of carbonyl (C=O) groups excluding carboxylic acids is 1. The van der Waals surface area contributed by atoms with Crippen molar-refractivity contribution in [2.75, 3.05) is 7.11 Å². The molecule has 94 valence electrons. The van der Waals surface area contributed by atoms with Gasteiger partial charge in [0.05, 0.1) is 18.8 Å². The maximum absolute atomic E-state index is 11.0. The molecule has 0 amide bonds. The molecule has 1 unspecified atom stereocenters. The average molecular weight is 257 g/mol. The molecular weight excluding hydrogens is 240 g/mol. The second kappa shape index (κ2) is 6.50. The Morgan fingerprint density at radius 3 is 2.71 bits per heavy atom. The van der Waals surface area contributed by atoms with Crippen molar-refractivity contribution in [3.63, 3.8) is 0 Å². The molecule has 0 saturated heterocycles. The zero-order valence-electron chi connectivity index (χ0n) is 10.3. The van der Waals surface area contributed by atoms with Crippen molar-refractivity contribution in [1.82, 2.24) is 0 Å². The quantitative estimate of drug-likeness (QED) is 0.728. The van der Waals surface area contributed by atoms with Crippen LogP contribution in [0.3, 0.4) is 0 Å². The fourth-order valence-corrected chi connectivity index (χ4v) is 1.84. The largest absolute Gasteiger partial charge is 0.493 e. The number of ether oxygens (including phenoxy) is 2. The number of benzene rings is 1. The van der Waals surface area contributed by atoms with Gasteiger partial charge >= 0.3 is 0 Å². The SMILES string of the molecule is CCCC(C)Oc1c(C=O)cc(Cl)cc1OC. The number of carbonyl (C=O) groups is 1. The van der Waals surface area contributed by atoms with Gasteiger partial charge in [-0.1, -0.05) is 24.9 Å². The summed E-state index contributed by atoms with van der Waals surface area (Å²) in [5.41, 5.74) is 0.414. The normalized spacial score (nSPS) is 12.0. The maximum atomic E-state index is 11.0. The van der Waals surface area contributed by atoms with Crippen molar-refractivity contribution in [3.8, 4) is 11.5 Å². The molecule has 0 heterocycles. The van der Waals surface area contributed by atoms with Gasteiger partial charge in [0, 0.05) is 11.1 Å². The third-order valence-corrected chi connectivity index (χ3v) is 2.63. The Kier molecular flexibility index (Phi) is 5.29. The van der Waals surface area contributed by atoms with Gasteiger partial charge < -0.3 is 9.47 Å². The molecule has 1 rings (SSSR count). The Labute approximate surface area is 107 Å². The maximum Gasteiger partial charge on any atom is 0.172 e. The van der Waals surface area contributed by atoms with Gasteiger partial charge in [-0.25, -0.2) is 0 Å². The smallest absolute Gasteiger partial charge is 0.172 e. The summed E-state index contributed by atoms with van der Waals surface area (Å²) in [5, 5.41) is 0.458. The molecule has 1 aromatic carbocycles. The predicted molar refractivity (Wildman–Crippen MR) is 68.4 cm³/mol.